The van der Waals surface area contributed by atoms with E-state index < -0.39 is 85.6 Å². The first-order chi connectivity index (χ1) is 15.1. The second kappa shape index (κ2) is 11.5. The maximum atomic E-state index is 13.2. The number of rotatable bonds is 10. The van der Waals surface area contributed by atoms with Crippen molar-refractivity contribution in [2.75, 3.05) is 19.8 Å². The third-order valence-electron chi connectivity index (χ3n) is 6.14. The Bertz CT molecular complexity index is 613. The Morgan fingerprint density at radius 1 is 0.938 bits per heavy atom. The van der Waals surface area contributed by atoms with Gasteiger partial charge in [0.1, 0.15) is 48.8 Å². The van der Waals surface area contributed by atoms with Crippen LogP contribution in [0.4, 0.5) is 0 Å². The zero-order valence-corrected chi connectivity index (χ0v) is 17.3. The molecule has 0 radical (unpaired) electrons. The number of nitrogens with two attached hydrogens (primary N) is 1. The van der Waals surface area contributed by atoms with Crippen LogP contribution in [0.15, 0.2) is 0 Å². The van der Waals surface area contributed by atoms with Gasteiger partial charge in [0.2, 0.25) is 0 Å². The summed E-state index contributed by atoms with van der Waals surface area (Å²) in [7, 11) is 0. The van der Waals surface area contributed by atoms with E-state index in [9.17, 15) is 50.9 Å². The van der Waals surface area contributed by atoms with Crippen LogP contribution in [0, 0.1) is 0 Å². The minimum absolute atomic E-state index is 0.0413. The third kappa shape index (κ3) is 4.97. The Morgan fingerprint density at radius 3 is 2.06 bits per heavy atom. The highest BCUT2D eigenvalue weighted by atomic mass is 16.6. The molecule has 32 heavy (non-hydrogen) atoms. The molecule has 2 aliphatic rings. The third-order valence-corrected chi connectivity index (χ3v) is 6.14. The van der Waals surface area contributed by atoms with Crippen LogP contribution in [-0.4, -0.2) is 138 Å². The summed E-state index contributed by atoms with van der Waals surface area (Å²) in [6.07, 6.45) is -16.2. The van der Waals surface area contributed by atoms with Gasteiger partial charge >= 0.3 is 0 Å². The fraction of sp³-hybridized carbons (Fsp3) is 0.944. The van der Waals surface area contributed by atoms with E-state index >= 15 is 0 Å². The largest absolute Gasteiger partial charge is 0.394 e. The summed E-state index contributed by atoms with van der Waals surface area (Å²) in [4.78, 5) is 13.2. The van der Waals surface area contributed by atoms with E-state index in [1.54, 1.807) is 5.48 Å². The van der Waals surface area contributed by atoms with Gasteiger partial charge in [0.15, 0.2) is 17.5 Å². The minimum Gasteiger partial charge on any atom is -0.394 e. The van der Waals surface area contributed by atoms with Crippen LogP contribution in [0.3, 0.4) is 0 Å². The lowest BCUT2D eigenvalue weighted by molar-refractivity contribution is -0.337. The summed E-state index contributed by atoms with van der Waals surface area (Å²) >= 11 is 0. The summed E-state index contributed by atoms with van der Waals surface area (Å²) in [5, 5.41) is 91.5. The number of hydrogen-bond donors (Lipinski definition) is 11. The minimum atomic E-state index is -2.92. The monoisotopic (exact) mass is 470 g/mol. The molecule has 0 aromatic carbocycles. The summed E-state index contributed by atoms with van der Waals surface area (Å²) in [6.45, 7) is -1.38. The van der Waals surface area contributed by atoms with E-state index in [0.29, 0.717) is 19.4 Å². The molecule has 0 aromatic heterocycles. The lowest BCUT2D eigenvalue weighted by Crippen LogP contribution is -2.78. The van der Waals surface area contributed by atoms with Crippen molar-refractivity contribution in [1.29, 1.82) is 0 Å². The molecule has 14 nitrogen and oxygen atoms in total. The lowest BCUT2D eigenvalue weighted by Gasteiger charge is -2.54. The number of unbranched alkanes of at least 4 members (excludes halogenated alkanes) is 1. The molecule has 0 saturated carbocycles. The number of carbonyl (C=O) groups is 1. The molecule has 0 bridgehead atoms. The van der Waals surface area contributed by atoms with E-state index in [1.807, 2.05) is 0 Å². The number of nitrogens with one attached hydrogen (secondary N) is 1. The highest BCUT2D eigenvalue weighted by molar-refractivity contribution is 5.89. The van der Waals surface area contributed by atoms with Gasteiger partial charge < -0.3 is 61.3 Å². The topological polar surface area (TPSA) is 256 Å². The van der Waals surface area contributed by atoms with E-state index in [2.05, 4.69) is 0 Å². The van der Waals surface area contributed by atoms with Crippen LogP contribution in [0.25, 0.3) is 0 Å². The van der Waals surface area contributed by atoms with Crippen molar-refractivity contribution in [3.05, 3.63) is 0 Å². The number of aliphatic hydroxyl groups excluding tert-OH is 7. The smallest absolute Gasteiger partial charge is 0.183 e. The number of carbonyl (C=O) groups excluding carboxylic acids is 1. The maximum Gasteiger partial charge on any atom is 0.183 e. The van der Waals surface area contributed by atoms with E-state index in [0.717, 1.165) is 0 Å². The second-order valence-electron chi connectivity index (χ2n) is 8.18. The quantitative estimate of drug-likeness (QED) is 0.105. The van der Waals surface area contributed by atoms with Crippen LogP contribution in [0.1, 0.15) is 19.3 Å². The highest BCUT2D eigenvalue weighted by Gasteiger charge is 2.66. The summed E-state index contributed by atoms with van der Waals surface area (Å²) in [5.74, 6) is -1.01. The number of aliphatic hydroxyl groups is 8. The Labute approximate surface area is 183 Å². The number of ketones is 1. The van der Waals surface area contributed by atoms with Crippen molar-refractivity contribution in [1.82, 2.24) is 5.48 Å². The first-order valence-electron chi connectivity index (χ1n) is 10.4. The van der Waals surface area contributed by atoms with Gasteiger partial charge in [0.25, 0.3) is 0 Å². The van der Waals surface area contributed by atoms with Crippen LogP contribution in [-0.2, 0) is 14.3 Å². The van der Waals surface area contributed by atoms with Gasteiger partial charge in [0.05, 0.1) is 19.3 Å². The predicted molar refractivity (Wildman–Crippen MR) is 103 cm³/mol. The first-order valence-corrected chi connectivity index (χ1v) is 10.4. The predicted octanol–water partition coefficient (Wildman–Crippen LogP) is -5.91. The molecule has 188 valence electrons. The Balaban J connectivity index is 2.46. The van der Waals surface area contributed by atoms with Crippen LogP contribution < -0.4 is 11.2 Å². The second-order valence-corrected chi connectivity index (χ2v) is 8.18. The van der Waals surface area contributed by atoms with Gasteiger partial charge in [-0.2, -0.15) is 5.48 Å². The van der Waals surface area contributed by atoms with Crippen molar-refractivity contribution in [3.8, 4) is 0 Å². The molecule has 2 saturated heterocycles. The number of hydroxylamine groups is 1. The Kier molecular flexibility index (Phi) is 9.87. The molecule has 0 spiro atoms. The average molecular weight is 470 g/mol. The molecule has 2 rings (SSSR count). The Hall–Kier alpha value is -0.850. The van der Waals surface area contributed by atoms with Crippen LogP contribution >= 0.6 is 0 Å². The fourth-order valence-electron chi connectivity index (χ4n) is 4.19. The normalized spacial score (nSPS) is 43.8. The zero-order chi connectivity index (χ0) is 24.2. The SMILES string of the molecule is NCCCC[C@H](NO)C(=O)C1O[C@H](CO)[C@@H](O)[C@H](O)[C@]1(O)C1O[C@H](CO)[C@H](O)[C@H](O)[C@H]1O. The van der Waals surface area contributed by atoms with Crippen LogP contribution in [0.5, 0.6) is 0 Å². The van der Waals surface area contributed by atoms with Crippen molar-refractivity contribution in [2.45, 2.75) is 85.8 Å². The number of ether oxygens (including phenoxy) is 2. The fourth-order valence-corrected chi connectivity index (χ4v) is 4.19. The molecule has 14 heteroatoms. The van der Waals surface area contributed by atoms with Crippen molar-refractivity contribution in [2.24, 2.45) is 5.73 Å². The maximum absolute atomic E-state index is 13.2. The standard InChI is InChI=1S/C18H34N2O12/c19-4-2-1-3-7(20-30)10(23)16-18(29,15(28)12(25)9(6-22)32-16)17-14(27)13(26)11(24)8(5-21)31-17/h7-9,11-17,20-22,24-30H,1-6,19H2/t7-,8+,9+,11-,12+,13-,14+,15-,16?,17?,18+/m0/s1. The molecular weight excluding hydrogens is 436 g/mol. The van der Waals surface area contributed by atoms with Crippen molar-refractivity contribution >= 4 is 5.78 Å². The van der Waals surface area contributed by atoms with Crippen molar-refractivity contribution < 1.29 is 60.3 Å². The molecule has 11 atom stereocenters. The van der Waals surface area contributed by atoms with E-state index in [-0.39, 0.29) is 6.42 Å². The first kappa shape index (κ1) is 27.4. The highest BCUT2D eigenvalue weighted by Crippen LogP contribution is 2.40. The average Bonchev–Trinajstić information content (AvgIpc) is 2.79. The van der Waals surface area contributed by atoms with Gasteiger partial charge in [-0.05, 0) is 19.4 Å². The molecule has 0 aliphatic carbocycles. The van der Waals surface area contributed by atoms with Gasteiger partial charge in [-0.1, -0.05) is 6.42 Å². The molecule has 2 heterocycles. The molecule has 12 N–H and O–H groups in total. The number of hydrogen-bond acceptors (Lipinski definition) is 14. The van der Waals surface area contributed by atoms with Gasteiger partial charge in [0, 0.05) is 0 Å². The van der Waals surface area contributed by atoms with Gasteiger partial charge in [-0.25, -0.2) is 0 Å². The molecule has 0 amide bonds. The molecular formula is C18H34N2O12. The summed E-state index contributed by atoms with van der Waals surface area (Å²) in [6, 6.07) is -1.33. The van der Waals surface area contributed by atoms with Gasteiger partial charge in [-0.3, -0.25) is 4.79 Å². The van der Waals surface area contributed by atoms with Crippen molar-refractivity contribution in [3.63, 3.8) is 0 Å². The summed E-state index contributed by atoms with van der Waals surface area (Å²) in [5.41, 5.74) is 4.29. The van der Waals surface area contributed by atoms with Crippen LogP contribution in [0.2, 0.25) is 0 Å². The molecule has 2 unspecified atom stereocenters. The molecule has 2 fully saturated rings. The number of Topliss-reactive ketones (excluding diaryl/α,β-unsaturated/α-hetero) is 1. The lowest BCUT2D eigenvalue weighted by atomic mass is 9.71. The van der Waals surface area contributed by atoms with Gasteiger partial charge in [-0.15, -0.1) is 0 Å². The van der Waals surface area contributed by atoms with E-state index in [4.69, 9.17) is 15.2 Å². The molecule has 0 aromatic rings. The molecule has 2 aliphatic heterocycles. The summed E-state index contributed by atoms with van der Waals surface area (Å²) < 4.78 is 10.7. The zero-order valence-electron chi connectivity index (χ0n) is 17.3. The van der Waals surface area contributed by atoms with E-state index in [1.165, 1.54) is 0 Å². The Morgan fingerprint density at radius 2 is 1.53 bits per heavy atom.